The fourth-order valence-corrected chi connectivity index (χ4v) is 3.40. The third kappa shape index (κ3) is 4.95. The molecular formula is C22H26FN5O. The summed E-state index contributed by atoms with van der Waals surface area (Å²) in [6, 6.07) is 11.7. The maximum absolute atomic E-state index is 13.4. The Morgan fingerprint density at radius 3 is 2.59 bits per heavy atom. The number of piperazine rings is 1. The van der Waals surface area contributed by atoms with E-state index in [4.69, 9.17) is 11.1 Å². The van der Waals surface area contributed by atoms with E-state index in [2.05, 4.69) is 16.1 Å². The fraction of sp³-hybridized carbons (Fsp3) is 0.318. The van der Waals surface area contributed by atoms with E-state index in [9.17, 15) is 9.18 Å². The highest BCUT2D eigenvalue weighted by Gasteiger charge is 2.23. The van der Waals surface area contributed by atoms with E-state index in [1.165, 1.54) is 12.1 Å². The molecule has 0 aliphatic carbocycles. The molecule has 6 nitrogen and oxygen atoms in total. The largest absolute Gasteiger partial charge is 0.397 e. The van der Waals surface area contributed by atoms with Crippen LogP contribution in [0.25, 0.3) is 0 Å². The number of amides is 1. The van der Waals surface area contributed by atoms with E-state index in [0.29, 0.717) is 55.2 Å². The normalized spacial score (nSPS) is 13.7. The van der Waals surface area contributed by atoms with Crippen LogP contribution in [0, 0.1) is 11.2 Å². The number of carbonyl (C=O) groups is 1. The van der Waals surface area contributed by atoms with Gasteiger partial charge in [-0.1, -0.05) is 13.0 Å². The predicted octanol–water partition coefficient (Wildman–Crippen LogP) is 3.71. The lowest BCUT2D eigenvalue weighted by Crippen LogP contribution is -2.48. The molecule has 0 atom stereocenters. The van der Waals surface area contributed by atoms with Crippen LogP contribution in [0.3, 0.4) is 0 Å². The van der Waals surface area contributed by atoms with Crippen molar-refractivity contribution >= 4 is 28.8 Å². The van der Waals surface area contributed by atoms with Crippen molar-refractivity contribution in [1.82, 2.24) is 4.90 Å². The van der Waals surface area contributed by atoms with Crippen LogP contribution in [0.5, 0.6) is 0 Å². The fourth-order valence-electron chi connectivity index (χ4n) is 3.40. The quantitative estimate of drug-likeness (QED) is 0.514. The summed E-state index contributed by atoms with van der Waals surface area (Å²) >= 11 is 0. The van der Waals surface area contributed by atoms with E-state index in [0.717, 1.165) is 12.1 Å². The molecule has 0 aromatic heterocycles. The third-order valence-corrected chi connectivity index (χ3v) is 4.98. The van der Waals surface area contributed by atoms with Crippen molar-refractivity contribution in [3.05, 3.63) is 59.5 Å². The number of nitrogens with zero attached hydrogens (tertiary/aromatic N) is 2. The van der Waals surface area contributed by atoms with Gasteiger partial charge in [-0.15, -0.1) is 0 Å². The van der Waals surface area contributed by atoms with Gasteiger partial charge in [0.1, 0.15) is 5.82 Å². The van der Waals surface area contributed by atoms with Gasteiger partial charge in [0.2, 0.25) is 0 Å². The number of benzene rings is 2. The zero-order chi connectivity index (χ0) is 20.8. The van der Waals surface area contributed by atoms with Gasteiger partial charge in [-0.3, -0.25) is 10.2 Å². The monoisotopic (exact) mass is 395 g/mol. The van der Waals surface area contributed by atoms with Gasteiger partial charge >= 0.3 is 0 Å². The van der Waals surface area contributed by atoms with Crippen LogP contribution >= 0.6 is 0 Å². The summed E-state index contributed by atoms with van der Waals surface area (Å²) < 4.78 is 13.4. The lowest BCUT2D eigenvalue weighted by atomic mass is 10.1. The Hall–Kier alpha value is -3.31. The van der Waals surface area contributed by atoms with Gasteiger partial charge in [-0.05, 0) is 55.1 Å². The van der Waals surface area contributed by atoms with Crippen molar-refractivity contribution in [2.75, 3.05) is 42.1 Å². The van der Waals surface area contributed by atoms with Gasteiger partial charge in [0.05, 0.1) is 17.1 Å². The molecule has 3 rings (SSSR count). The molecule has 0 radical (unpaired) electrons. The van der Waals surface area contributed by atoms with Crippen LogP contribution in [-0.4, -0.2) is 42.9 Å². The summed E-state index contributed by atoms with van der Waals surface area (Å²) in [5.41, 5.74) is 9.27. The molecule has 0 spiro atoms. The number of allylic oxidation sites excluding steroid dienone is 1. The van der Waals surface area contributed by atoms with Gasteiger partial charge in [0, 0.05) is 37.4 Å². The summed E-state index contributed by atoms with van der Waals surface area (Å²) in [6.07, 6.45) is 1.60. The summed E-state index contributed by atoms with van der Waals surface area (Å²) in [7, 11) is 0. The lowest BCUT2D eigenvalue weighted by molar-refractivity contribution is 0.0747. The van der Waals surface area contributed by atoms with E-state index >= 15 is 0 Å². The summed E-state index contributed by atoms with van der Waals surface area (Å²) in [4.78, 5) is 16.7. The second-order valence-electron chi connectivity index (χ2n) is 7.04. The van der Waals surface area contributed by atoms with Gasteiger partial charge in [0.25, 0.3) is 5.91 Å². The molecule has 4 N–H and O–H groups in total. The van der Waals surface area contributed by atoms with Crippen LogP contribution in [-0.2, 0) is 0 Å². The first-order valence-corrected chi connectivity index (χ1v) is 9.76. The average molecular weight is 395 g/mol. The average Bonchev–Trinajstić information content (AvgIpc) is 2.74. The molecule has 1 saturated heterocycles. The lowest BCUT2D eigenvalue weighted by Gasteiger charge is -2.36. The molecule has 1 fully saturated rings. The predicted molar refractivity (Wildman–Crippen MR) is 115 cm³/mol. The molecule has 2 aromatic rings. The first-order valence-electron chi connectivity index (χ1n) is 9.76. The SMILES string of the molecule is CCCC(=C=N)Nc1ccc(C(=O)N2CCN(c3cccc(F)c3)CC2)cc1N. The molecule has 7 heteroatoms. The minimum atomic E-state index is -0.259. The first-order chi connectivity index (χ1) is 14.0. The van der Waals surface area contributed by atoms with Crippen molar-refractivity contribution in [2.24, 2.45) is 0 Å². The zero-order valence-electron chi connectivity index (χ0n) is 16.5. The molecule has 1 heterocycles. The highest BCUT2D eigenvalue weighted by Crippen LogP contribution is 2.24. The van der Waals surface area contributed by atoms with E-state index in [-0.39, 0.29) is 11.7 Å². The molecule has 0 saturated carbocycles. The van der Waals surface area contributed by atoms with Crippen LogP contribution in [0.2, 0.25) is 0 Å². The molecule has 152 valence electrons. The number of halogens is 1. The van der Waals surface area contributed by atoms with E-state index in [1.54, 1.807) is 29.2 Å². The smallest absolute Gasteiger partial charge is 0.254 e. The first kappa shape index (κ1) is 20.4. The van der Waals surface area contributed by atoms with Crippen molar-refractivity contribution in [1.29, 1.82) is 5.41 Å². The summed E-state index contributed by atoms with van der Waals surface area (Å²) in [6.45, 7) is 4.45. The van der Waals surface area contributed by atoms with Crippen molar-refractivity contribution in [3.63, 3.8) is 0 Å². The van der Waals surface area contributed by atoms with Crippen LogP contribution in [0.1, 0.15) is 30.1 Å². The standard InChI is InChI=1S/C22H26FN5O/c1-2-4-18(15-24)26-21-8-7-16(13-20(21)25)22(29)28-11-9-27(10-12-28)19-6-3-5-17(23)14-19/h3,5-8,13-14,24,26H,2,4,9-12,25H2,1H3. The van der Waals surface area contributed by atoms with Gasteiger partial charge < -0.3 is 20.9 Å². The Morgan fingerprint density at radius 2 is 1.97 bits per heavy atom. The van der Waals surface area contributed by atoms with Crippen LogP contribution in [0.4, 0.5) is 21.5 Å². The second kappa shape index (κ2) is 9.26. The molecule has 0 bridgehead atoms. The highest BCUT2D eigenvalue weighted by molar-refractivity contribution is 5.96. The van der Waals surface area contributed by atoms with Crippen LogP contribution < -0.4 is 16.0 Å². The zero-order valence-corrected chi connectivity index (χ0v) is 16.5. The molecule has 0 unspecified atom stereocenters. The molecular weight excluding hydrogens is 369 g/mol. The molecule has 1 aliphatic heterocycles. The maximum Gasteiger partial charge on any atom is 0.254 e. The number of carbonyl (C=O) groups excluding carboxylic acids is 1. The number of hydrogen-bond donors (Lipinski definition) is 3. The van der Waals surface area contributed by atoms with Crippen molar-refractivity contribution in [3.8, 4) is 0 Å². The van der Waals surface area contributed by atoms with E-state index in [1.807, 2.05) is 13.0 Å². The van der Waals surface area contributed by atoms with Gasteiger partial charge in [-0.2, -0.15) is 0 Å². The summed E-state index contributed by atoms with van der Waals surface area (Å²) in [5.74, 6) is 2.06. The van der Waals surface area contributed by atoms with E-state index < -0.39 is 0 Å². The second-order valence-corrected chi connectivity index (χ2v) is 7.04. The summed E-state index contributed by atoms with van der Waals surface area (Å²) in [5, 5.41) is 10.4. The van der Waals surface area contributed by atoms with Crippen molar-refractivity contribution < 1.29 is 9.18 Å². The minimum Gasteiger partial charge on any atom is -0.397 e. The number of anilines is 3. The number of nitrogens with one attached hydrogen (secondary N) is 2. The Bertz CT molecular complexity index is 931. The Balaban J connectivity index is 1.64. The van der Waals surface area contributed by atoms with Crippen LogP contribution in [0.15, 0.2) is 48.2 Å². The number of nitrogens with two attached hydrogens (primary N) is 1. The maximum atomic E-state index is 13.4. The minimum absolute atomic E-state index is 0.0708. The van der Waals surface area contributed by atoms with Crippen molar-refractivity contribution in [2.45, 2.75) is 19.8 Å². The molecule has 2 aromatic carbocycles. The molecule has 1 amide bonds. The topological polar surface area (TPSA) is 85.5 Å². The Labute approximate surface area is 170 Å². The third-order valence-electron chi connectivity index (χ3n) is 4.98. The Morgan fingerprint density at radius 1 is 1.21 bits per heavy atom. The number of hydrogen-bond acceptors (Lipinski definition) is 5. The number of nitrogen functional groups attached to an aromatic ring is 1. The number of rotatable bonds is 6. The molecule has 1 aliphatic rings. The van der Waals surface area contributed by atoms with Gasteiger partial charge in [-0.25, -0.2) is 4.39 Å². The Kier molecular flexibility index (Phi) is 6.52. The highest BCUT2D eigenvalue weighted by atomic mass is 19.1. The molecule has 29 heavy (non-hydrogen) atoms. The van der Waals surface area contributed by atoms with Gasteiger partial charge in [0.15, 0.2) is 0 Å².